The maximum atomic E-state index is 14.5. The quantitative estimate of drug-likeness (QED) is 0.390. The minimum absolute atomic E-state index is 0.00946. The Morgan fingerprint density at radius 2 is 1.06 bits per heavy atom. The van der Waals surface area contributed by atoms with E-state index in [1.54, 1.807) is 0 Å². The molecule has 0 aliphatic carbocycles. The number of aliphatic hydroxyl groups excluding tert-OH is 1. The fourth-order valence-corrected chi connectivity index (χ4v) is 3.03. The van der Waals surface area contributed by atoms with E-state index in [4.69, 9.17) is 14.2 Å². The summed E-state index contributed by atoms with van der Waals surface area (Å²) < 4.78 is 31.6. The van der Waals surface area contributed by atoms with E-state index < -0.39 is 18.6 Å². The van der Waals surface area contributed by atoms with Gasteiger partial charge < -0.3 is 19.3 Å². The van der Waals surface area contributed by atoms with Crippen molar-refractivity contribution >= 4 is 0 Å². The second-order valence-electron chi connectivity index (χ2n) is 7.34. The van der Waals surface area contributed by atoms with Crippen molar-refractivity contribution in [2.24, 2.45) is 0 Å². The first-order chi connectivity index (χ1) is 15.2. The molecule has 164 valence electrons. The fourth-order valence-electron chi connectivity index (χ4n) is 3.03. The van der Waals surface area contributed by atoms with Crippen LogP contribution in [-0.2, 0) is 34.0 Å². The van der Waals surface area contributed by atoms with Crippen LogP contribution < -0.4 is 0 Å². The molecule has 0 amide bonds. The van der Waals surface area contributed by atoms with Gasteiger partial charge in [0, 0.05) is 6.42 Å². The lowest BCUT2D eigenvalue weighted by molar-refractivity contribution is -0.177. The Kier molecular flexibility index (Phi) is 9.67. The highest BCUT2D eigenvalue weighted by atomic mass is 19.1. The fraction of sp³-hybridized carbons (Fsp3) is 0.308. The van der Waals surface area contributed by atoms with Gasteiger partial charge in [0.15, 0.2) is 6.29 Å². The average Bonchev–Trinajstić information content (AvgIpc) is 2.82. The summed E-state index contributed by atoms with van der Waals surface area (Å²) in [4.78, 5) is 0. The molecule has 0 spiro atoms. The first kappa shape index (κ1) is 23.1. The normalized spacial score (nSPS) is 13.3. The van der Waals surface area contributed by atoms with Crippen LogP contribution >= 0.6 is 0 Å². The van der Waals surface area contributed by atoms with Crippen LogP contribution in [-0.4, -0.2) is 30.3 Å². The summed E-state index contributed by atoms with van der Waals surface area (Å²) in [6, 6.07) is 28.9. The van der Waals surface area contributed by atoms with Crippen LogP contribution in [0.1, 0.15) is 23.1 Å². The topological polar surface area (TPSA) is 47.9 Å². The van der Waals surface area contributed by atoms with Crippen molar-refractivity contribution < 1.29 is 23.7 Å². The lowest BCUT2D eigenvalue weighted by Gasteiger charge is -2.23. The second kappa shape index (κ2) is 13.0. The Hall–Kier alpha value is -2.57. The predicted octanol–water partition coefficient (Wildman–Crippen LogP) is 5.05. The minimum atomic E-state index is -1.54. The van der Waals surface area contributed by atoms with Gasteiger partial charge in [0.1, 0.15) is 6.17 Å². The zero-order valence-corrected chi connectivity index (χ0v) is 17.5. The molecule has 0 radical (unpaired) electrons. The smallest absolute Gasteiger partial charge is 0.161 e. The summed E-state index contributed by atoms with van der Waals surface area (Å²) in [5, 5.41) is 10.4. The first-order valence-electron chi connectivity index (χ1n) is 10.5. The molecule has 0 aliphatic rings. The van der Waals surface area contributed by atoms with Crippen LogP contribution in [0.5, 0.6) is 0 Å². The lowest BCUT2D eigenvalue weighted by atomic mass is 10.1. The molecule has 0 bridgehead atoms. The number of alkyl halides is 1. The molecule has 4 nitrogen and oxygen atoms in total. The van der Waals surface area contributed by atoms with E-state index in [9.17, 15) is 9.50 Å². The number of rotatable bonds is 13. The molecule has 3 aromatic carbocycles. The Morgan fingerprint density at radius 1 is 0.645 bits per heavy atom. The maximum Gasteiger partial charge on any atom is 0.161 e. The molecule has 1 N–H and O–H groups in total. The molecule has 0 aliphatic heterocycles. The van der Waals surface area contributed by atoms with Gasteiger partial charge in [0.25, 0.3) is 0 Å². The summed E-state index contributed by atoms with van der Waals surface area (Å²) >= 11 is 0. The highest BCUT2D eigenvalue weighted by Crippen LogP contribution is 2.16. The molecule has 0 heterocycles. The largest absolute Gasteiger partial charge is 0.390 e. The van der Waals surface area contributed by atoms with E-state index in [0.29, 0.717) is 19.8 Å². The molecular formula is C26H29FO4. The van der Waals surface area contributed by atoms with E-state index in [0.717, 1.165) is 16.7 Å². The lowest BCUT2D eigenvalue weighted by Crippen LogP contribution is -2.32. The number of halogens is 1. The Bertz CT molecular complexity index is 802. The summed E-state index contributed by atoms with van der Waals surface area (Å²) in [7, 11) is 0. The van der Waals surface area contributed by atoms with Crippen molar-refractivity contribution in [3.05, 3.63) is 108 Å². The van der Waals surface area contributed by atoms with Gasteiger partial charge in [0.2, 0.25) is 0 Å². The molecule has 3 aromatic rings. The summed E-state index contributed by atoms with van der Waals surface area (Å²) in [6.07, 6.45) is -3.53. The third-order valence-electron chi connectivity index (χ3n) is 4.80. The van der Waals surface area contributed by atoms with E-state index >= 15 is 0 Å². The van der Waals surface area contributed by atoms with Crippen molar-refractivity contribution in [3.63, 3.8) is 0 Å². The standard InChI is InChI=1S/C26H29FO4/c27-24(20-29-17-21-10-4-1-5-11-21)25(28)16-26(30-18-22-12-6-2-7-13-22)31-19-23-14-8-3-9-15-23/h1-15,24-26,28H,16-20H2/t24-,25+/m1/s1. The van der Waals surface area contributed by atoms with E-state index in [1.807, 2.05) is 91.0 Å². The average molecular weight is 425 g/mol. The van der Waals surface area contributed by atoms with Crippen LogP contribution in [0.25, 0.3) is 0 Å². The monoisotopic (exact) mass is 424 g/mol. The Morgan fingerprint density at radius 3 is 1.52 bits per heavy atom. The van der Waals surface area contributed by atoms with Crippen LogP contribution in [0.15, 0.2) is 91.0 Å². The molecule has 3 rings (SSSR count). The second-order valence-corrected chi connectivity index (χ2v) is 7.34. The third-order valence-corrected chi connectivity index (χ3v) is 4.80. The van der Waals surface area contributed by atoms with Crippen molar-refractivity contribution in [1.82, 2.24) is 0 Å². The molecule has 0 fully saturated rings. The summed E-state index contributed by atoms with van der Waals surface area (Å²) in [5.41, 5.74) is 2.92. The van der Waals surface area contributed by atoms with Gasteiger partial charge in [-0.1, -0.05) is 91.0 Å². The van der Waals surface area contributed by atoms with Gasteiger partial charge in [-0.05, 0) is 16.7 Å². The summed E-state index contributed by atoms with van der Waals surface area (Å²) in [6.45, 7) is 0.732. The molecule has 0 saturated heterocycles. The van der Waals surface area contributed by atoms with Gasteiger partial charge in [0.05, 0.1) is 32.5 Å². The number of ether oxygens (including phenoxy) is 3. The maximum absolute atomic E-state index is 14.5. The molecule has 0 saturated carbocycles. The molecule has 5 heteroatoms. The van der Waals surface area contributed by atoms with Gasteiger partial charge >= 0.3 is 0 Å². The van der Waals surface area contributed by atoms with Crippen LogP contribution in [0.2, 0.25) is 0 Å². The highest BCUT2D eigenvalue weighted by molar-refractivity contribution is 5.15. The molecule has 0 aromatic heterocycles. The Balaban J connectivity index is 1.49. The number of hydrogen-bond acceptors (Lipinski definition) is 4. The third kappa shape index (κ3) is 8.59. The van der Waals surface area contributed by atoms with Crippen LogP contribution in [0.4, 0.5) is 4.39 Å². The molecule has 2 atom stereocenters. The first-order valence-corrected chi connectivity index (χ1v) is 10.5. The van der Waals surface area contributed by atoms with Crippen molar-refractivity contribution in [2.45, 2.75) is 44.8 Å². The van der Waals surface area contributed by atoms with E-state index in [2.05, 4.69) is 0 Å². The zero-order valence-electron chi connectivity index (χ0n) is 17.5. The van der Waals surface area contributed by atoms with E-state index in [-0.39, 0.29) is 13.0 Å². The summed E-state index contributed by atoms with van der Waals surface area (Å²) in [5.74, 6) is 0. The molecule has 31 heavy (non-hydrogen) atoms. The van der Waals surface area contributed by atoms with Crippen LogP contribution in [0.3, 0.4) is 0 Å². The van der Waals surface area contributed by atoms with Gasteiger partial charge in [-0.15, -0.1) is 0 Å². The van der Waals surface area contributed by atoms with Crippen LogP contribution in [0, 0.1) is 0 Å². The van der Waals surface area contributed by atoms with E-state index in [1.165, 1.54) is 0 Å². The molecular weight excluding hydrogens is 395 g/mol. The van der Waals surface area contributed by atoms with Crippen molar-refractivity contribution in [1.29, 1.82) is 0 Å². The van der Waals surface area contributed by atoms with Crippen molar-refractivity contribution in [2.75, 3.05) is 6.61 Å². The zero-order chi connectivity index (χ0) is 21.7. The van der Waals surface area contributed by atoms with Crippen molar-refractivity contribution in [3.8, 4) is 0 Å². The minimum Gasteiger partial charge on any atom is -0.390 e. The molecule has 0 unspecified atom stereocenters. The van der Waals surface area contributed by atoms with Gasteiger partial charge in [-0.2, -0.15) is 0 Å². The number of benzene rings is 3. The number of hydrogen-bond donors (Lipinski definition) is 1. The SMILES string of the molecule is O[C@@H](CC(OCc1ccccc1)OCc1ccccc1)[C@H](F)COCc1ccccc1. The van der Waals surface area contributed by atoms with Gasteiger partial charge in [-0.25, -0.2) is 4.39 Å². The Labute approximate surface area is 183 Å². The number of aliphatic hydroxyl groups is 1. The van der Waals surface area contributed by atoms with Gasteiger partial charge in [-0.3, -0.25) is 0 Å². The highest BCUT2D eigenvalue weighted by Gasteiger charge is 2.24. The predicted molar refractivity (Wildman–Crippen MR) is 118 cm³/mol.